The molecule has 0 bridgehead atoms. The van der Waals surface area contributed by atoms with Gasteiger partial charge in [0.15, 0.2) is 0 Å². The van der Waals surface area contributed by atoms with Crippen molar-refractivity contribution < 1.29 is 9.53 Å². The van der Waals surface area contributed by atoms with Crippen molar-refractivity contribution in [3.8, 4) is 0 Å². The summed E-state index contributed by atoms with van der Waals surface area (Å²) in [5, 5.41) is 2.06. The molecule has 1 aromatic heterocycles. The lowest BCUT2D eigenvalue weighted by atomic mass is 9.61. The van der Waals surface area contributed by atoms with E-state index in [9.17, 15) is 4.79 Å². The zero-order valence-corrected chi connectivity index (χ0v) is 11.8. The van der Waals surface area contributed by atoms with Gasteiger partial charge in [0.05, 0.1) is 5.92 Å². The minimum absolute atomic E-state index is 0.00359. The van der Waals surface area contributed by atoms with Gasteiger partial charge in [-0.2, -0.15) is 0 Å². The highest BCUT2D eigenvalue weighted by Crippen LogP contribution is 2.51. The Morgan fingerprint density at radius 3 is 3.00 bits per heavy atom. The lowest BCUT2D eigenvalue weighted by Gasteiger charge is -2.47. The quantitative estimate of drug-likeness (QED) is 0.711. The molecule has 3 rings (SSSR count). The van der Waals surface area contributed by atoms with Crippen LogP contribution in [-0.2, 0) is 9.53 Å². The Bertz CT molecular complexity index is 435. The summed E-state index contributed by atoms with van der Waals surface area (Å²) in [6.07, 6.45) is 4.41. The molecule has 0 amide bonds. The molecule has 1 saturated carbocycles. The molecule has 3 heteroatoms. The number of cyclic esters (lactones) is 1. The second-order valence-electron chi connectivity index (χ2n) is 6.27. The summed E-state index contributed by atoms with van der Waals surface area (Å²) in [6.45, 7) is 4.63. The molecule has 18 heavy (non-hydrogen) atoms. The Balaban J connectivity index is 1.86. The fraction of sp³-hybridized carbons (Fsp3) is 0.667. The third-order valence-electron chi connectivity index (χ3n) is 4.72. The van der Waals surface area contributed by atoms with Gasteiger partial charge in [0.2, 0.25) is 0 Å². The molecular weight excluding hydrogens is 244 g/mol. The molecule has 0 unspecified atom stereocenters. The Morgan fingerprint density at radius 1 is 1.44 bits per heavy atom. The normalized spacial score (nSPS) is 34.8. The second-order valence-corrected chi connectivity index (χ2v) is 7.25. The predicted molar refractivity (Wildman–Crippen MR) is 72.4 cm³/mol. The first-order chi connectivity index (χ1) is 8.58. The molecule has 1 saturated heterocycles. The Labute approximate surface area is 112 Å². The van der Waals surface area contributed by atoms with E-state index in [1.807, 2.05) is 6.07 Å². The van der Waals surface area contributed by atoms with Crippen molar-refractivity contribution >= 4 is 17.3 Å². The van der Waals surface area contributed by atoms with Crippen LogP contribution in [0.4, 0.5) is 0 Å². The van der Waals surface area contributed by atoms with E-state index in [-0.39, 0.29) is 23.4 Å². The van der Waals surface area contributed by atoms with E-state index in [4.69, 9.17) is 4.74 Å². The number of hydrogen-bond acceptors (Lipinski definition) is 3. The van der Waals surface area contributed by atoms with Crippen LogP contribution in [0, 0.1) is 17.3 Å². The number of carbonyl (C=O) groups is 1. The van der Waals surface area contributed by atoms with Gasteiger partial charge < -0.3 is 4.74 Å². The molecule has 98 valence electrons. The minimum atomic E-state index is -0.00359. The van der Waals surface area contributed by atoms with Gasteiger partial charge in [-0.05, 0) is 42.0 Å². The Morgan fingerprint density at radius 2 is 2.28 bits per heavy atom. The maximum Gasteiger partial charge on any atom is 0.309 e. The van der Waals surface area contributed by atoms with Crippen molar-refractivity contribution in [3.63, 3.8) is 0 Å². The highest BCUT2D eigenvalue weighted by atomic mass is 32.1. The van der Waals surface area contributed by atoms with Gasteiger partial charge >= 0.3 is 5.97 Å². The molecule has 0 radical (unpaired) electrons. The van der Waals surface area contributed by atoms with E-state index in [2.05, 4.69) is 25.3 Å². The fourth-order valence-corrected chi connectivity index (χ4v) is 4.40. The molecule has 2 aliphatic rings. The summed E-state index contributed by atoms with van der Waals surface area (Å²) in [5.74, 6) is 0.669. The lowest BCUT2D eigenvalue weighted by molar-refractivity contribution is -0.174. The molecule has 0 aromatic carbocycles. The Hall–Kier alpha value is -0.830. The molecule has 2 heterocycles. The van der Waals surface area contributed by atoms with Gasteiger partial charge in [-0.1, -0.05) is 26.3 Å². The fourth-order valence-electron chi connectivity index (χ4n) is 3.63. The topological polar surface area (TPSA) is 26.3 Å². The zero-order chi connectivity index (χ0) is 12.8. The van der Waals surface area contributed by atoms with Gasteiger partial charge in [-0.3, -0.25) is 4.79 Å². The van der Waals surface area contributed by atoms with Crippen molar-refractivity contribution in [2.45, 2.75) is 45.6 Å². The van der Waals surface area contributed by atoms with Crippen LogP contribution in [0.5, 0.6) is 0 Å². The SMILES string of the molecule is CC1(C)CCC[C@@H]2C(=O)O[C@H](c3cccs3)C[C@H]21. The predicted octanol–water partition coefficient (Wildman–Crippen LogP) is 4.18. The van der Waals surface area contributed by atoms with Crippen LogP contribution in [0.25, 0.3) is 0 Å². The number of ether oxygens (including phenoxy) is 1. The maximum absolute atomic E-state index is 12.2. The maximum atomic E-state index is 12.2. The average molecular weight is 264 g/mol. The molecule has 2 fully saturated rings. The number of carbonyl (C=O) groups excluding carboxylic acids is 1. The molecule has 0 spiro atoms. The monoisotopic (exact) mass is 264 g/mol. The average Bonchev–Trinajstić information content (AvgIpc) is 2.83. The van der Waals surface area contributed by atoms with Crippen LogP contribution in [0.1, 0.15) is 50.5 Å². The summed E-state index contributed by atoms with van der Waals surface area (Å²) >= 11 is 1.69. The van der Waals surface area contributed by atoms with E-state index in [1.165, 1.54) is 11.3 Å². The largest absolute Gasteiger partial charge is 0.456 e. The summed E-state index contributed by atoms with van der Waals surface area (Å²) in [6, 6.07) is 4.12. The standard InChI is InChI=1S/C15H20O2S/c1-15(2)7-3-5-10-11(15)9-12(17-14(10)16)13-6-4-8-18-13/h4,6,8,10-12H,3,5,7,9H2,1-2H3/t10-,11+,12-/m0/s1. The summed E-state index contributed by atoms with van der Waals surface area (Å²) < 4.78 is 5.66. The third-order valence-corrected chi connectivity index (χ3v) is 5.68. The summed E-state index contributed by atoms with van der Waals surface area (Å²) in [4.78, 5) is 13.4. The van der Waals surface area contributed by atoms with E-state index in [0.717, 1.165) is 19.3 Å². The highest BCUT2D eigenvalue weighted by Gasteiger charge is 2.48. The van der Waals surface area contributed by atoms with Crippen LogP contribution >= 0.6 is 11.3 Å². The number of hydrogen-bond donors (Lipinski definition) is 0. The van der Waals surface area contributed by atoms with Crippen molar-refractivity contribution in [1.29, 1.82) is 0 Å². The number of thiophene rings is 1. The van der Waals surface area contributed by atoms with Crippen molar-refractivity contribution in [2.75, 3.05) is 0 Å². The molecular formula is C15H20O2S. The van der Waals surface area contributed by atoms with Gasteiger partial charge in [0.25, 0.3) is 0 Å². The molecule has 3 atom stereocenters. The van der Waals surface area contributed by atoms with Crippen molar-refractivity contribution in [1.82, 2.24) is 0 Å². The number of fused-ring (bicyclic) bond motifs is 1. The van der Waals surface area contributed by atoms with Crippen LogP contribution in [0.2, 0.25) is 0 Å². The van der Waals surface area contributed by atoms with Crippen molar-refractivity contribution in [3.05, 3.63) is 22.4 Å². The third kappa shape index (κ3) is 1.99. The second kappa shape index (κ2) is 4.37. The molecule has 1 aliphatic carbocycles. The molecule has 2 nitrogen and oxygen atoms in total. The Kier molecular flexibility index (Phi) is 2.97. The van der Waals surface area contributed by atoms with Crippen LogP contribution in [0.3, 0.4) is 0 Å². The van der Waals surface area contributed by atoms with Crippen LogP contribution < -0.4 is 0 Å². The minimum Gasteiger partial charge on any atom is -0.456 e. The highest BCUT2D eigenvalue weighted by molar-refractivity contribution is 7.10. The molecule has 1 aliphatic heterocycles. The first-order valence-electron chi connectivity index (χ1n) is 6.82. The van der Waals surface area contributed by atoms with Crippen LogP contribution in [0.15, 0.2) is 17.5 Å². The van der Waals surface area contributed by atoms with E-state index < -0.39 is 0 Å². The first-order valence-corrected chi connectivity index (χ1v) is 7.70. The van der Waals surface area contributed by atoms with Crippen molar-refractivity contribution in [2.24, 2.45) is 17.3 Å². The number of esters is 1. The summed E-state index contributed by atoms with van der Waals surface area (Å²) in [7, 11) is 0. The van der Waals surface area contributed by atoms with Gasteiger partial charge in [0.1, 0.15) is 6.10 Å². The smallest absolute Gasteiger partial charge is 0.309 e. The number of rotatable bonds is 1. The van der Waals surface area contributed by atoms with Gasteiger partial charge in [-0.25, -0.2) is 0 Å². The van der Waals surface area contributed by atoms with E-state index in [1.54, 1.807) is 11.3 Å². The van der Waals surface area contributed by atoms with Gasteiger partial charge in [0, 0.05) is 4.88 Å². The van der Waals surface area contributed by atoms with E-state index >= 15 is 0 Å². The van der Waals surface area contributed by atoms with Gasteiger partial charge in [-0.15, -0.1) is 11.3 Å². The van der Waals surface area contributed by atoms with E-state index in [0.29, 0.717) is 5.92 Å². The lowest BCUT2D eigenvalue weighted by Crippen LogP contribution is -2.44. The molecule has 1 aromatic rings. The zero-order valence-electron chi connectivity index (χ0n) is 11.0. The van der Waals surface area contributed by atoms with Crippen LogP contribution in [-0.4, -0.2) is 5.97 Å². The molecule has 0 N–H and O–H groups in total. The summed E-state index contributed by atoms with van der Waals surface area (Å²) in [5.41, 5.74) is 0.276. The first kappa shape index (κ1) is 12.2.